The lowest BCUT2D eigenvalue weighted by molar-refractivity contribution is -0.229. The van der Waals surface area contributed by atoms with Crippen molar-refractivity contribution in [2.24, 2.45) is 0 Å². The van der Waals surface area contributed by atoms with Crippen LogP contribution in [0.1, 0.15) is 12.0 Å². The smallest absolute Gasteiger partial charge is 0.202 e. The molecule has 3 rings (SSSR count). The summed E-state index contributed by atoms with van der Waals surface area (Å²) >= 11 is 0. The molecule has 0 radical (unpaired) electrons. The van der Waals surface area contributed by atoms with Gasteiger partial charge in [-0.3, -0.25) is 0 Å². The fourth-order valence-corrected chi connectivity index (χ4v) is 2.93. The van der Waals surface area contributed by atoms with E-state index in [-0.39, 0.29) is 13.0 Å². The Balaban J connectivity index is 1.84. The van der Waals surface area contributed by atoms with E-state index in [1.54, 1.807) is 6.07 Å². The van der Waals surface area contributed by atoms with Gasteiger partial charge < -0.3 is 29.9 Å². The lowest BCUT2D eigenvalue weighted by Gasteiger charge is -2.36. The number of aliphatic hydroxyl groups excluding tert-OH is 4. The number of hydrogen-bond donors (Lipinski definition) is 4. The minimum atomic E-state index is -1.14. The van der Waals surface area contributed by atoms with E-state index in [1.165, 1.54) is 0 Å². The first kappa shape index (κ1) is 17.8. The molecular formula is C19H22O6. The largest absolute Gasteiger partial charge is 0.464 e. The average molecular weight is 346 g/mol. The van der Waals surface area contributed by atoms with Crippen LogP contribution >= 0.6 is 0 Å². The predicted octanol–water partition coefficient (Wildman–Crippen LogP) is 1.05. The van der Waals surface area contributed by atoms with Crippen LogP contribution in [-0.2, 0) is 11.3 Å². The van der Waals surface area contributed by atoms with Crippen LogP contribution in [0.5, 0.6) is 5.75 Å². The summed E-state index contributed by atoms with van der Waals surface area (Å²) in [5, 5.41) is 38.3. The van der Waals surface area contributed by atoms with Crippen molar-refractivity contribution in [3.8, 4) is 16.9 Å². The minimum Gasteiger partial charge on any atom is -0.464 e. The summed E-state index contributed by atoms with van der Waals surface area (Å²) in [4.78, 5) is 0. The molecule has 6 heteroatoms. The maximum Gasteiger partial charge on any atom is 0.202 e. The van der Waals surface area contributed by atoms with E-state index in [1.807, 2.05) is 42.5 Å². The molecule has 0 amide bonds. The van der Waals surface area contributed by atoms with Gasteiger partial charge in [0.05, 0.1) is 19.3 Å². The Labute approximate surface area is 145 Å². The normalized spacial score (nSPS) is 26.4. The monoisotopic (exact) mass is 346 g/mol. The van der Waals surface area contributed by atoms with Crippen LogP contribution in [0.25, 0.3) is 11.1 Å². The van der Waals surface area contributed by atoms with Gasteiger partial charge in [-0.25, -0.2) is 0 Å². The quantitative estimate of drug-likeness (QED) is 0.646. The highest BCUT2D eigenvalue weighted by atomic mass is 16.7. The van der Waals surface area contributed by atoms with Crippen LogP contribution in [0.3, 0.4) is 0 Å². The van der Waals surface area contributed by atoms with Crippen molar-refractivity contribution >= 4 is 0 Å². The van der Waals surface area contributed by atoms with E-state index in [0.29, 0.717) is 5.75 Å². The summed E-state index contributed by atoms with van der Waals surface area (Å²) in [6.07, 6.45) is -3.73. The Morgan fingerprint density at radius 1 is 1.04 bits per heavy atom. The van der Waals surface area contributed by atoms with Crippen LogP contribution < -0.4 is 4.74 Å². The maximum absolute atomic E-state index is 9.93. The molecule has 1 aliphatic rings. The first-order chi connectivity index (χ1) is 12.1. The number of hydrogen-bond acceptors (Lipinski definition) is 6. The summed E-state index contributed by atoms with van der Waals surface area (Å²) < 4.78 is 11.4. The topological polar surface area (TPSA) is 99.4 Å². The number of aliphatic hydroxyl groups is 4. The number of ether oxygens (including phenoxy) is 2. The molecule has 0 saturated carbocycles. The maximum atomic E-state index is 9.93. The highest BCUT2D eigenvalue weighted by Gasteiger charge is 2.37. The SMILES string of the molecule is OCc1cccc(-c2ccccc2OC2CC(O)C(O)C(CO)O2)c1. The Kier molecular flexibility index (Phi) is 5.67. The third-order valence-corrected chi connectivity index (χ3v) is 4.28. The molecule has 1 heterocycles. The second-order valence-electron chi connectivity index (χ2n) is 6.05. The fourth-order valence-electron chi connectivity index (χ4n) is 2.93. The number of rotatable bonds is 5. The Hall–Kier alpha value is -1.96. The van der Waals surface area contributed by atoms with E-state index in [9.17, 15) is 20.4 Å². The van der Waals surface area contributed by atoms with Gasteiger partial charge in [-0.2, -0.15) is 0 Å². The van der Waals surface area contributed by atoms with Gasteiger partial charge in [-0.15, -0.1) is 0 Å². The van der Waals surface area contributed by atoms with Gasteiger partial charge in [0, 0.05) is 12.0 Å². The Bertz CT molecular complexity index is 704. The molecule has 134 valence electrons. The van der Waals surface area contributed by atoms with Gasteiger partial charge in [0.25, 0.3) is 0 Å². The van der Waals surface area contributed by atoms with Gasteiger partial charge in [0.2, 0.25) is 6.29 Å². The summed E-state index contributed by atoms with van der Waals surface area (Å²) in [6.45, 7) is -0.455. The summed E-state index contributed by atoms with van der Waals surface area (Å²) in [7, 11) is 0. The molecule has 0 spiro atoms. The van der Waals surface area contributed by atoms with Crippen molar-refractivity contribution in [2.45, 2.75) is 37.6 Å². The molecule has 0 bridgehead atoms. The molecule has 2 aromatic carbocycles. The van der Waals surface area contributed by atoms with Crippen molar-refractivity contribution in [3.05, 3.63) is 54.1 Å². The minimum absolute atomic E-state index is 0.0507. The van der Waals surface area contributed by atoms with Crippen LogP contribution in [0.15, 0.2) is 48.5 Å². The molecule has 0 aromatic heterocycles. The lowest BCUT2D eigenvalue weighted by Crippen LogP contribution is -2.51. The summed E-state index contributed by atoms with van der Waals surface area (Å²) in [5.74, 6) is 0.558. The van der Waals surface area contributed by atoms with Gasteiger partial charge >= 0.3 is 0 Å². The lowest BCUT2D eigenvalue weighted by atomic mass is 10.0. The van der Waals surface area contributed by atoms with E-state index in [2.05, 4.69) is 0 Å². The van der Waals surface area contributed by atoms with E-state index in [4.69, 9.17) is 9.47 Å². The van der Waals surface area contributed by atoms with Gasteiger partial charge in [-0.05, 0) is 23.3 Å². The highest BCUT2D eigenvalue weighted by molar-refractivity contribution is 5.70. The van der Waals surface area contributed by atoms with Gasteiger partial charge in [0.1, 0.15) is 18.0 Å². The predicted molar refractivity (Wildman–Crippen MR) is 90.8 cm³/mol. The van der Waals surface area contributed by atoms with Crippen LogP contribution in [0.2, 0.25) is 0 Å². The average Bonchev–Trinajstić information content (AvgIpc) is 2.65. The zero-order valence-corrected chi connectivity index (χ0v) is 13.7. The summed E-state index contributed by atoms with van der Waals surface area (Å²) in [5.41, 5.74) is 2.50. The second kappa shape index (κ2) is 7.95. The molecule has 2 aromatic rings. The molecule has 0 aliphatic carbocycles. The van der Waals surface area contributed by atoms with Crippen molar-refractivity contribution < 1.29 is 29.9 Å². The van der Waals surface area contributed by atoms with Crippen molar-refractivity contribution in [3.63, 3.8) is 0 Å². The van der Waals surface area contributed by atoms with Crippen LogP contribution in [-0.4, -0.2) is 51.6 Å². The summed E-state index contributed by atoms with van der Waals surface area (Å²) in [6, 6.07) is 14.9. The van der Waals surface area contributed by atoms with Crippen molar-refractivity contribution in [1.82, 2.24) is 0 Å². The molecule has 4 atom stereocenters. The Morgan fingerprint density at radius 2 is 1.84 bits per heavy atom. The molecule has 1 aliphatic heterocycles. The van der Waals surface area contributed by atoms with Crippen molar-refractivity contribution in [2.75, 3.05) is 6.61 Å². The van der Waals surface area contributed by atoms with Crippen LogP contribution in [0, 0.1) is 0 Å². The fraction of sp³-hybridized carbons (Fsp3) is 0.368. The standard InChI is InChI=1S/C19H22O6/c20-10-12-4-3-5-13(8-12)14-6-1-2-7-16(14)24-18-9-15(22)19(23)17(11-21)25-18/h1-8,15,17-23H,9-11H2. The van der Waals surface area contributed by atoms with Gasteiger partial charge in [0.15, 0.2) is 0 Å². The second-order valence-corrected chi connectivity index (χ2v) is 6.05. The van der Waals surface area contributed by atoms with Crippen LogP contribution in [0.4, 0.5) is 0 Å². The zero-order chi connectivity index (χ0) is 17.8. The highest BCUT2D eigenvalue weighted by Crippen LogP contribution is 2.33. The van der Waals surface area contributed by atoms with E-state index < -0.39 is 31.2 Å². The molecule has 1 fully saturated rings. The number of benzene rings is 2. The molecular weight excluding hydrogens is 324 g/mol. The third-order valence-electron chi connectivity index (χ3n) is 4.28. The van der Waals surface area contributed by atoms with Gasteiger partial charge in [-0.1, -0.05) is 36.4 Å². The molecule has 6 nitrogen and oxygen atoms in total. The first-order valence-corrected chi connectivity index (χ1v) is 8.20. The molecule has 25 heavy (non-hydrogen) atoms. The molecule has 4 unspecified atom stereocenters. The third kappa shape index (κ3) is 4.00. The van der Waals surface area contributed by atoms with E-state index >= 15 is 0 Å². The molecule has 4 N–H and O–H groups in total. The van der Waals surface area contributed by atoms with Crippen molar-refractivity contribution in [1.29, 1.82) is 0 Å². The Morgan fingerprint density at radius 3 is 2.60 bits per heavy atom. The zero-order valence-electron chi connectivity index (χ0n) is 13.7. The first-order valence-electron chi connectivity index (χ1n) is 8.20. The van der Waals surface area contributed by atoms with E-state index in [0.717, 1.165) is 16.7 Å². The number of para-hydroxylation sites is 1. The molecule has 1 saturated heterocycles.